The Kier molecular flexibility index (Phi) is 10.6. The van der Waals surface area contributed by atoms with Crippen LogP contribution in [0.3, 0.4) is 0 Å². The second-order valence-electron chi connectivity index (χ2n) is 9.51. The molecule has 3 aromatic rings. The van der Waals surface area contributed by atoms with Gasteiger partial charge in [0.25, 0.3) is 10.0 Å². The molecular formula is C29H34BrN3O4S2. The van der Waals surface area contributed by atoms with Gasteiger partial charge in [-0.2, -0.15) is 0 Å². The summed E-state index contributed by atoms with van der Waals surface area (Å²) in [7, 11) is -4.09. The Bertz CT molecular complexity index is 1380. The second kappa shape index (κ2) is 13.5. The number of nitrogens with zero attached hydrogens (tertiary/aromatic N) is 2. The minimum Gasteiger partial charge on any atom is -0.352 e. The molecule has 2 amide bonds. The normalized spacial score (nSPS) is 12.2. The van der Waals surface area contributed by atoms with Crippen molar-refractivity contribution >= 4 is 55.2 Å². The number of nitrogens with one attached hydrogen (secondary N) is 1. The molecular weight excluding hydrogens is 598 g/mol. The summed E-state index contributed by atoms with van der Waals surface area (Å²) < 4.78 is 29.8. The van der Waals surface area contributed by atoms with Crippen LogP contribution in [-0.4, -0.2) is 50.0 Å². The van der Waals surface area contributed by atoms with E-state index in [4.69, 9.17) is 0 Å². The van der Waals surface area contributed by atoms with Crippen molar-refractivity contribution in [1.82, 2.24) is 10.2 Å². The van der Waals surface area contributed by atoms with E-state index >= 15 is 0 Å². The Morgan fingerprint density at radius 3 is 2.05 bits per heavy atom. The van der Waals surface area contributed by atoms with Crippen LogP contribution in [0.4, 0.5) is 5.69 Å². The van der Waals surface area contributed by atoms with Crippen molar-refractivity contribution in [3.63, 3.8) is 0 Å². The third-order valence-electron chi connectivity index (χ3n) is 6.11. The van der Waals surface area contributed by atoms with Gasteiger partial charge in [0.15, 0.2) is 0 Å². The van der Waals surface area contributed by atoms with Crippen LogP contribution >= 0.6 is 27.7 Å². The Morgan fingerprint density at radius 1 is 0.923 bits per heavy atom. The molecule has 0 aliphatic heterocycles. The standard InChI is InChI=1S/C29H34BrN3O4S2/c1-20(2)31-29(35)22(4)32(18-23-8-10-24(30)11-9-23)28(34)19-33(25-12-6-21(3)7-13-25)39(36,37)27-16-14-26(38-5)15-17-27/h6-17,20,22H,18-19H2,1-5H3,(H,31,35)/t22-/m0/s1. The number of hydrogen-bond acceptors (Lipinski definition) is 5. The van der Waals surface area contributed by atoms with Gasteiger partial charge in [-0.05, 0) is 88.0 Å². The Morgan fingerprint density at radius 2 is 1.51 bits per heavy atom. The summed E-state index contributed by atoms with van der Waals surface area (Å²) in [5, 5.41) is 2.86. The highest BCUT2D eigenvalue weighted by Gasteiger charge is 2.32. The fourth-order valence-corrected chi connectivity index (χ4v) is 5.98. The number of thioether (sulfide) groups is 1. The first-order valence-electron chi connectivity index (χ1n) is 12.5. The molecule has 1 atom stereocenters. The number of carbonyl (C=O) groups excluding carboxylic acids is 2. The van der Waals surface area contributed by atoms with Crippen molar-refractivity contribution in [1.29, 1.82) is 0 Å². The van der Waals surface area contributed by atoms with E-state index in [1.165, 1.54) is 16.7 Å². The Hall–Kier alpha value is -2.82. The van der Waals surface area contributed by atoms with Gasteiger partial charge in [-0.1, -0.05) is 45.8 Å². The first-order valence-corrected chi connectivity index (χ1v) is 16.0. The summed E-state index contributed by atoms with van der Waals surface area (Å²) in [6, 6.07) is 20.1. The predicted octanol–water partition coefficient (Wildman–Crippen LogP) is 5.62. The highest BCUT2D eigenvalue weighted by Crippen LogP contribution is 2.26. The van der Waals surface area contributed by atoms with Crippen molar-refractivity contribution < 1.29 is 18.0 Å². The molecule has 0 saturated heterocycles. The van der Waals surface area contributed by atoms with Gasteiger partial charge in [-0.15, -0.1) is 11.8 Å². The number of rotatable bonds is 11. The average Bonchev–Trinajstić information content (AvgIpc) is 2.91. The van der Waals surface area contributed by atoms with Crippen LogP contribution in [0.1, 0.15) is 31.9 Å². The number of halogens is 1. The summed E-state index contributed by atoms with van der Waals surface area (Å²) in [5.74, 6) is -0.804. The number of anilines is 1. The Balaban J connectivity index is 2.02. The summed E-state index contributed by atoms with van der Waals surface area (Å²) in [5.41, 5.74) is 2.14. The second-order valence-corrected chi connectivity index (χ2v) is 13.2. The lowest BCUT2D eigenvalue weighted by Gasteiger charge is -2.32. The van der Waals surface area contributed by atoms with Crippen molar-refractivity contribution in [2.24, 2.45) is 0 Å². The topological polar surface area (TPSA) is 86.8 Å². The van der Waals surface area contributed by atoms with E-state index in [1.807, 2.05) is 51.3 Å². The number of hydrogen-bond donors (Lipinski definition) is 1. The van der Waals surface area contributed by atoms with Gasteiger partial charge < -0.3 is 10.2 Å². The number of carbonyl (C=O) groups is 2. The van der Waals surface area contributed by atoms with Crippen LogP contribution in [-0.2, 0) is 26.2 Å². The monoisotopic (exact) mass is 631 g/mol. The molecule has 0 fully saturated rings. The molecule has 0 aliphatic carbocycles. The van der Waals surface area contributed by atoms with Crippen molar-refractivity contribution in [3.05, 3.63) is 88.4 Å². The zero-order valence-electron chi connectivity index (χ0n) is 22.7. The van der Waals surface area contributed by atoms with Crippen LogP contribution < -0.4 is 9.62 Å². The van der Waals surface area contributed by atoms with Gasteiger partial charge in [0.2, 0.25) is 11.8 Å². The molecule has 0 aliphatic rings. The fourth-order valence-electron chi connectivity index (χ4n) is 3.89. The maximum atomic E-state index is 13.9. The summed E-state index contributed by atoms with van der Waals surface area (Å²) in [6.07, 6.45) is 1.91. The van der Waals surface area contributed by atoms with Gasteiger partial charge in [0.1, 0.15) is 12.6 Å². The third-order valence-corrected chi connectivity index (χ3v) is 9.17. The molecule has 39 heavy (non-hydrogen) atoms. The van der Waals surface area contributed by atoms with Crippen LogP contribution in [0.25, 0.3) is 0 Å². The van der Waals surface area contributed by atoms with Crippen molar-refractivity contribution in [3.8, 4) is 0 Å². The number of sulfonamides is 1. The lowest BCUT2D eigenvalue weighted by molar-refractivity contribution is -0.139. The number of amides is 2. The maximum absolute atomic E-state index is 13.9. The molecule has 7 nitrogen and oxygen atoms in total. The number of benzene rings is 3. The molecule has 1 N–H and O–H groups in total. The van der Waals surface area contributed by atoms with Gasteiger partial charge in [-0.3, -0.25) is 13.9 Å². The van der Waals surface area contributed by atoms with Crippen molar-refractivity contribution in [2.75, 3.05) is 17.1 Å². The van der Waals surface area contributed by atoms with E-state index in [-0.39, 0.29) is 23.4 Å². The SMILES string of the molecule is CSc1ccc(S(=O)(=O)N(CC(=O)N(Cc2ccc(Br)cc2)[C@@H](C)C(=O)NC(C)C)c2ccc(C)cc2)cc1. The zero-order chi connectivity index (χ0) is 28.7. The predicted molar refractivity (Wildman–Crippen MR) is 161 cm³/mol. The van der Waals surface area contributed by atoms with E-state index in [0.717, 1.165) is 24.8 Å². The summed E-state index contributed by atoms with van der Waals surface area (Å²) in [6.45, 7) is 6.93. The minimum absolute atomic E-state index is 0.0822. The molecule has 0 unspecified atom stereocenters. The Labute approximate surface area is 244 Å². The van der Waals surface area contributed by atoms with E-state index in [9.17, 15) is 18.0 Å². The fraction of sp³-hybridized carbons (Fsp3) is 0.310. The molecule has 0 heterocycles. The summed E-state index contributed by atoms with van der Waals surface area (Å²) >= 11 is 4.93. The summed E-state index contributed by atoms with van der Waals surface area (Å²) in [4.78, 5) is 29.3. The lowest BCUT2D eigenvalue weighted by Crippen LogP contribution is -2.52. The molecule has 0 radical (unpaired) electrons. The van der Waals surface area contributed by atoms with Gasteiger partial charge in [0.05, 0.1) is 10.6 Å². The molecule has 0 bridgehead atoms. The highest BCUT2D eigenvalue weighted by atomic mass is 79.9. The van der Waals surface area contributed by atoms with Gasteiger partial charge >= 0.3 is 0 Å². The van der Waals surface area contributed by atoms with E-state index in [0.29, 0.717) is 5.69 Å². The average molecular weight is 633 g/mol. The quantitative estimate of drug-likeness (QED) is 0.278. The first kappa shape index (κ1) is 30.7. The molecule has 0 aromatic heterocycles. The van der Waals surface area contributed by atoms with Crippen LogP contribution in [0.2, 0.25) is 0 Å². The first-order chi connectivity index (χ1) is 18.4. The molecule has 3 rings (SSSR count). The minimum atomic E-state index is -4.09. The van der Waals surface area contributed by atoms with Gasteiger partial charge in [-0.25, -0.2) is 8.42 Å². The highest BCUT2D eigenvalue weighted by molar-refractivity contribution is 9.10. The molecule has 3 aromatic carbocycles. The molecule has 208 valence electrons. The van der Waals surface area contributed by atoms with E-state index < -0.39 is 28.5 Å². The van der Waals surface area contributed by atoms with Gasteiger partial charge in [0, 0.05) is 22.0 Å². The molecule has 0 spiro atoms. The third kappa shape index (κ3) is 8.09. The van der Waals surface area contributed by atoms with Crippen LogP contribution in [0.5, 0.6) is 0 Å². The van der Waals surface area contributed by atoms with E-state index in [1.54, 1.807) is 55.5 Å². The maximum Gasteiger partial charge on any atom is 0.264 e. The molecule has 0 saturated carbocycles. The van der Waals surface area contributed by atoms with Crippen LogP contribution in [0.15, 0.2) is 87.1 Å². The lowest BCUT2D eigenvalue weighted by atomic mass is 10.1. The van der Waals surface area contributed by atoms with E-state index in [2.05, 4.69) is 21.2 Å². The smallest absolute Gasteiger partial charge is 0.264 e. The van der Waals surface area contributed by atoms with Crippen LogP contribution in [0, 0.1) is 6.92 Å². The largest absolute Gasteiger partial charge is 0.352 e. The zero-order valence-corrected chi connectivity index (χ0v) is 25.9. The number of aryl methyl sites for hydroxylation is 1. The molecule has 10 heteroatoms. The van der Waals surface area contributed by atoms with Crippen molar-refractivity contribution in [2.45, 2.75) is 56.1 Å².